The van der Waals surface area contributed by atoms with Crippen molar-refractivity contribution in [3.8, 4) is 0 Å². The molecule has 2 atom stereocenters. The lowest BCUT2D eigenvalue weighted by molar-refractivity contribution is -0.125. The Hall–Kier alpha value is -2.36. The molecule has 2 heterocycles. The van der Waals surface area contributed by atoms with Crippen molar-refractivity contribution >= 4 is 11.7 Å². The number of aromatic nitrogens is 1. The van der Waals surface area contributed by atoms with Crippen molar-refractivity contribution in [3.63, 3.8) is 0 Å². The van der Waals surface area contributed by atoms with Gasteiger partial charge in [0, 0.05) is 19.3 Å². The van der Waals surface area contributed by atoms with Gasteiger partial charge in [0.2, 0.25) is 5.91 Å². The summed E-state index contributed by atoms with van der Waals surface area (Å²) in [5, 5.41) is 3.20. The normalized spacial score (nSPS) is 18.6. The minimum Gasteiger partial charge on any atom is -0.356 e. The van der Waals surface area contributed by atoms with Gasteiger partial charge in [-0.2, -0.15) is 0 Å². The zero-order chi connectivity index (χ0) is 18.5. The molecule has 0 aliphatic carbocycles. The molecule has 0 saturated carbocycles. The molecule has 1 aliphatic rings. The van der Waals surface area contributed by atoms with Crippen LogP contribution in [0.25, 0.3) is 0 Å². The van der Waals surface area contributed by atoms with Crippen LogP contribution in [0.5, 0.6) is 0 Å². The molecule has 3 rings (SSSR count). The summed E-state index contributed by atoms with van der Waals surface area (Å²) in [6, 6.07) is 14.5. The molecule has 1 aliphatic heterocycles. The third-order valence-corrected chi connectivity index (χ3v) is 5.23. The molecule has 1 saturated heterocycles. The average Bonchev–Trinajstić information content (AvgIpc) is 2.68. The highest BCUT2D eigenvalue weighted by Crippen LogP contribution is 2.23. The molecule has 1 fully saturated rings. The quantitative estimate of drug-likeness (QED) is 0.873. The van der Waals surface area contributed by atoms with E-state index in [9.17, 15) is 4.79 Å². The molecule has 4 nitrogen and oxygen atoms in total. The first-order chi connectivity index (χ1) is 12.5. The van der Waals surface area contributed by atoms with Crippen LogP contribution in [0, 0.1) is 5.92 Å². The molecule has 1 aromatic heterocycles. The van der Waals surface area contributed by atoms with E-state index in [1.165, 1.54) is 5.56 Å². The van der Waals surface area contributed by atoms with E-state index in [0.717, 1.165) is 37.3 Å². The van der Waals surface area contributed by atoms with Gasteiger partial charge in [0.15, 0.2) is 0 Å². The van der Waals surface area contributed by atoms with Crippen LogP contribution in [0.15, 0.2) is 48.7 Å². The molecule has 0 radical (unpaired) electrons. The molecule has 0 bridgehead atoms. The standard InChI is InChI=1S/C22H29N3O/c1-16(2)18-9-11-19(12-10-18)17(3)24-22(26)20-7-6-14-25(15-20)21-8-4-5-13-23-21/h4-5,8-13,16-17,20H,6-7,14-15H2,1-3H3,(H,24,26)/t17-,20+/m0/s1. The lowest BCUT2D eigenvalue weighted by Crippen LogP contribution is -2.44. The maximum Gasteiger partial charge on any atom is 0.225 e. The Morgan fingerprint density at radius 2 is 1.85 bits per heavy atom. The van der Waals surface area contributed by atoms with Crippen molar-refractivity contribution in [3.05, 3.63) is 59.8 Å². The first-order valence-corrected chi connectivity index (χ1v) is 9.61. The van der Waals surface area contributed by atoms with E-state index in [-0.39, 0.29) is 17.9 Å². The highest BCUT2D eigenvalue weighted by molar-refractivity contribution is 5.80. The van der Waals surface area contributed by atoms with Crippen molar-refractivity contribution in [1.82, 2.24) is 10.3 Å². The fraction of sp³-hybridized carbons (Fsp3) is 0.455. The number of rotatable bonds is 5. The molecular formula is C22H29N3O. The van der Waals surface area contributed by atoms with Gasteiger partial charge in [-0.3, -0.25) is 4.79 Å². The van der Waals surface area contributed by atoms with Crippen LogP contribution in [-0.4, -0.2) is 24.0 Å². The second-order valence-electron chi connectivity index (χ2n) is 7.52. The van der Waals surface area contributed by atoms with Gasteiger partial charge in [-0.25, -0.2) is 4.98 Å². The smallest absolute Gasteiger partial charge is 0.225 e. The van der Waals surface area contributed by atoms with Gasteiger partial charge in [-0.05, 0) is 48.9 Å². The predicted molar refractivity (Wildman–Crippen MR) is 106 cm³/mol. The first kappa shape index (κ1) is 18.4. The molecule has 1 aromatic carbocycles. The summed E-state index contributed by atoms with van der Waals surface area (Å²) >= 11 is 0. The Kier molecular flexibility index (Phi) is 5.92. The lowest BCUT2D eigenvalue weighted by atomic mass is 9.95. The van der Waals surface area contributed by atoms with E-state index in [0.29, 0.717) is 5.92 Å². The SMILES string of the molecule is CC(C)c1ccc([C@H](C)NC(=O)[C@@H]2CCCN(c3ccccn3)C2)cc1. The third kappa shape index (κ3) is 4.43. The summed E-state index contributed by atoms with van der Waals surface area (Å²) in [6.07, 6.45) is 3.77. The monoisotopic (exact) mass is 351 g/mol. The largest absolute Gasteiger partial charge is 0.356 e. The van der Waals surface area contributed by atoms with Crippen LogP contribution in [0.1, 0.15) is 56.7 Å². The van der Waals surface area contributed by atoms with Crippen molar-refractivity contribution in [2.75, 3.05) is 18.0 Å². The molecular weight excluding hydrogens is 322 g/mol. The number of nitrogens with zero attached hydrogens (tertiary/aromatic N) is 2. The molecule has 1 amide bonds. The van der Waals surface area contributed by atoms with E-state index in [1.807, 2.05) is 24.4 Å². The fourth-order valence-corrected chi connectivity index (χ4v) is 3.52. The number of benzene rings is 1. The number of nitrogens with one attached hydrogen (secondary N) is 1. The molecule has 0 spiro atoms. The van der Waals surface area contributed by atoms with Crippen LogP contribution in [0.3, 0.4) is 0 Å². The summed E-state index contributed by atoms with van der Waals surface area (Å²) < 4.78 is 0. The maximum atomic E-state index is 12.8. The van der Waals surface area contributed by atoms with E-state index in [1.54, 1.807) is 0 Å². The van der Waals surface area contributed by atoms with Crippen LogP contribution in [0.2, 0.25) is 0 Å². The highest BCUT2D eigenvalue weighted by atomic mass is 16.2. The van der Waals surface area contributed by atoms with Gasteiger partial charge in [0.05, 0.1) is 12.0 Å². The van der Waals surface area contributed by atoms with Crippen molar-refractivity contribution in [2.45, 2.75) is 45.6 Å². The third-order valence-electron chi connectivity index (χ3n) is 5.23. The Labute approximate surface area is 156 Å². The van der Waals surface area contributed by atoms with E-state index < -0.39 is 0 Å². The molecule has 4 heteroatoms. The summed E-state index contributed by atoms with van der Waals surface area (Å²) in [6.45, 7) is 8.14. The van der Waals surface area contributed by atoms with Gasteiger partial charge in [0.1, 0.15) is 5.82 Å². The zero-order valence-electron chi connectivity index (χ0n) is 16.0. The fourth-order valence-electron chi connectivity index (χ4n) is 3.52. The van der Waals surface area contributed by atoms with Crippen LogP contribution in [0.4, 0.5) is 5.82 Å². The Morgan fingerprint density at radius 1 is 1.12 bits per heavy atom. The summed E-state index contributed by atoms with van der Waals surface area (Å²) in [4.78, 5) is 19.4. The van der Waals surface area contributed by atoms with Gasteiger partial charge in [-0.1, -0.05) is 44.2 Å². The zero-order valence-corrected chi connectivity index (χ0v) is 16.0. The number of carbonyl (C=O) groups excluding carboxylic acids is 1. The highest BCUT2D eigenvalue weighted by Gasteiger charge is 2.27. The minimum absolute atomic E-state index is 0.0168. The second-order valence-corrected chi connectivity index (χ2v) is 7.52. The van der Waals surface area contributed by atoms with E-state index in [4.69, 9.17) is 0 Å². The Bertz CT molecular complexity index is 712. The Balaban J connectivity index is 1.60. The van der Waals surface area contributed by atoms with Crippen LogP contribution >= 0.6 is 0 Å². The van der Waals surface area contributed by atoms with E-state index >= 15 is 0 Å². The first-order valence-electron chi connectivity index (χ1n) is 9.61. The van der Waals surface area contributed by atoms with Crippen molar-refractivity contribution in [2.24, 2.45) is 5.92 Å². The van der Waals surface area contributed by atoms with E-state index in [2.05, 4.69) is 60.2 Å². The number of hydrogen-bond donors (Lipinski definition) is 1. The molecule has 138 valence electrons. The van der Waals surface area contributed by atoms with Gasteiger partial charge >= 0.3 is 0 Å². The topological polar surface area (TPSA) is 45.2 Å². The van der Waals surface area contributed by atoms with Crippen molar-refractivity contribution < 1.29 is 4.79 Å². The lowest BCUT2D eigenvalue weighted by Gasteiger charge is -2.33. The van der Waals surface area contributed by atoms with Gasteiger partial charge in [-0.15, -0.1) is 0 Å². The number of piperidine rings is 1. The number of hydrogen-bond acceptors (Lipinski definition) is 3. The summed E-state index contributed by atoms with van der Waals surface area (Å²) in [7, 11) is 0. The maximum absolute atomic E-state index is 12.8. The molecule has 0 unspecified atom stereocenters. The summed E-state index contributed by atoms with van der Waals surface area (Å²) in [5.74, 6) is 1.64. The number of pyridine rings is 1. The van der Waals surface area contributed by atoms with Gasteiger partial charge < -0.3 is 10.2 Å². The van der Waals surface area contributed by atoms with Crippen LogP contribution < -0.4 is 10.2 Å². The average molecular weight is 351 g/mol. The summed E-state index contributed by atoms with van der Waals surface area (Å²) in [5.41, 5.74) is 2.48. The van der Waals surface area contributed by atoms with Crippen LogP contribution in [-0.2, 0) is 4.79 Å². The molecule has 26 heavy (non-hydrogen) atoms. The number of carbonyl (C=O) groups is 1. The Morgan fingerprint density at radius 3 is 2.50 bits per heavy atom. The predicted octanol–water partition coefficient (Wildman–Crippen LogP) is 4.30. The molecule has 1 N–H and O–H groups in total. The molecule has 2 aromatic rings. The number of amides is 1. The van der Waals surface area contributed by atoms with Gasteiger partial charge in [0.25, 0.3) is 0 Å². The minimum atomic E-state index is 0.0168. The number of anilines is 1. The van der Waals surface area contributed by atoms with Crippen molar-refractivity contribution in [1.29, 1.82) is 0 Å². The second kappa shape index (κ2) is 8.35.